The number of benzene rings is 1. The van der Waals surface area contributed by atoms with Crippen LogP contribution in [0.5, 0.6) is 0 Å². The van der Waals surface area contributed by atoms with Crippen molar-refractivity contribution in [3.63, 3.8) is 0 Å². The van der Waals surface area contributed by atoms with Gasteiger partial charge in [0.15, 0.2) is 0 Å². The quantitative estimate of drug-likeness (QED) is 0.931. The molecule has 1 aliphatic rings. The molecule has 3 rings (SSSR count). The lowest BCUT2D eigenvalue weighted by Gasteiger charge is -2.41. The van der Waals surface area contributed by atoms with Crippen molar-refractivity contribution in [2.75, 3.05) is 18.0 Å². The second kappa shape index (κ2) is 6.10. The van der Waals surface area contributed by atoms with Gasteiger partial charge in [0, 0.05) is 30.9 Å². The molecule has 1 N–H and O–H groups in total. The predicted octanol–water partition coefficient (Wildman–Crippen LogP) is 3.65. The first kappa shape index (κ1) is 13.8. The van der Waals surface area contributed by atoms with Gasteiger partial charge in [-0.05, 0) is 31.0 Å². The van der Waals surface area contributed by atoms with Gasteiger partial charge >= 0.3 is 0 Å². The number of fused-ring (bicyclic) bond motifs is 1. The summed E-state index contributed by atoms with van der Waals surface area (Å²) >= 11 is 1.73. The Kier molecular flexibility index (Phi) is 4.22. The summed E-state index contributed by atoms with van der Waals surface area (Å²) < 4.78 is 1.29. The van der Waals surface area contributed by atoms with Crippen molar-refractivity contribution in [3.8, 4) is 0 Å². The highest BCUT2D eigenvalue weighted by atomic mass is 32.1. The number of thiazole rings is 1. The van der Waals surface area contributed by atoms with Crippen LogP contribution in [-0.4, -0.2) is 30.2 Å². The molecule has 0 amide bonds. The molecule has 0 radical (unpaired) electrons. The third-order valence-electron chi connectivity index (χ3n) is 4.25. The zero-order chi connectivity index (χ0) is 13.9. The minimum atomic E-state index is 0.605. The highest BCUT2D eigenvalue weighted by molar-refractivity contribution is 7.16. The molecule has 1 aromatic heterocycles. The number of nitrogens with zero attached hydrogens (tertiary/aromatic N) is 2. The molecule has 1 fully saturated rings. The summed E-state index contributed by atoms with van der Waals surface area (Å²) in [5, 5.41) is 3.70. The van der Waals surface area contributed by atoms with E-state index in [0.717, 1.165) is 18.6 Å². The first-order chi connectivity index (χ1) is 9.81. The summed E-state index contributed by atoms with van der Waals surface area (Å²) in [6.45, 7) is 6.77. The van der Waals surface area contributed by atoms with Gasteiger partial charge in [-0.2, -0.15) is 0 Å². The molecule has 3 nitrogen and oxygen atoms in total. The molecular weight excluding hydrogens is 266 g/mol. The van der Waals surface area contributed by atoms with Crippen molar-refractivity contribution < 1.29 is 0 Å². The van der Waals surface area contributed by atoms with Crippen LogP contribution in [0.15, 0.2) is 23.7 Å². The Morgan fingerprint density at radius 1 is 1.40 bits per heavy atom. The van der Waals surface area contributed by atoms with Crippen molar-refractivity contribution in [3.05, 3.63) is 23.7 Å². The van der Waals surface area contributed by atoms with Crippen LogP contribution < -0.4 is 10.2 Å². The Bertz CT molecular complexity index is 566. The SMILES string of the molecule is CCCC1CN(c2ccc3ncsc3c2)C(CC)CN1. The number of hydrogen-bond acceptors (Lipinski definition) is 4. The number of aromatic nitrogens is 1. The zero-order valence-electron chi connectivity index (χ0n) is 12.3. The summed E-state index contributed by atoms with van der Waals surface area (Å²) in [7, 11) is 0. The highest BCUT2D eigenvalue weighted by Gasteiger charge is 2.26. The van der Waals surface area contributed by atoms with E-state index in [1.807, 2.05) is 5.51 Å². The molecule has 0 saturated carbocycles. The second-order valence-electron chi connectivity index (χ2n) is 5.61. The van der Waals surface area contributed by atoms with Crippen molar-refractivity contribution in [1.82, 2.24) is 10.3 Å². The summed E-state index contributed by atoms with van der Waals surface area (Å²) in [4.78, 5) is 6.97. The molecule has 108 valence electrons. The highest BCUT2D eigenvalue weighted by Crippen LogP contribution is 2.28. The minimum absolute atomic E-state index is 0.605. The summed E-state index contributed by atoms with van der Waals surface area (Å²) in [6, 6.07) is 7.93. The van der Waals surface area contributed by atoms with Gasteiger partial charge < -0.3 is 10.2 Å². The van der Waals surface area contributed by atoms with Crippen molar-refractivity contribution in [2.45, 2.75) is 45.2 Å². The summed E-state index contributed by atoms with van der Waals surface area (Å²) in [5.74, 6) is 0. The van der Waals surface area contributed by atoms with Crippen molar-refractivity contribution in [2.24, 2.45) is 0 Å². The zero-order valence-corrected chi connectivity index (χ0v) is 13.1. The molecule has 0 bridgehead atoms. The van der Waals surface area contributed by atoms with E-state index in [4.69, 9.17) is 0 Å². The van der Waals surface area contributed by atoms with Gasteiger partial charge in [0.05, 0.1) is 15.7 Å². The van der Waals surface area contributed by atoms with E-state index >= 15 is 0 Å². The lowest BCUT2D eigenvalue weighted by atomic mass is 10.0. The third-order valence-corrected chi connectivity index (χ3v) is 5.05. The molecule has 0 aliphatic carbocycles. The summed E-state index contributed by atoms with van der Waals surface area (Å²) in [5.41, 5.74) is 4.41. The molecule has 2 aromatic rings. The van der Waals surface area contributed by atoms with Crippen molar-refractivity contribution >= 4 is 27.2 Å². The molecule has 2 unspecified atom stereocenters. The topological polar surface area (TPSA) is 28.2 Å². The maximum atomic E-state index is 4.38. The number of nitrogens with one attached hydrogen (secondary N) is 1. The Hall–Kier alpha value is -1.13. The van der Waals surface area contributed by atoms with E-state index in [1.54, 1.807) is 11.3 Å². The Morgan fingerprint density at radius 3 is 3.10 bits per heavy atom. The third kappa shape index (κ3) is 2.67. The first-order valence-electron chi connectivity index (χ1n) is 7.65. The Balaban J connectivity index is 1.87. The van der Waals surface area contributed by atoms with E-state index in [9.17, 15) is 0 Å². The average molecular weight is 289 g/mol. The molecule has 0 spiro atoms. The minimum Gasteiger partial charge on any atom is -0.366 e. The van der Waals surface area contributed by atoms with E-state index < -0.39 is 0 Å². The molecule has 1 aliphatic heterocycles. The van der Waals surface area contributed by atoms with Crippen LogP contribution in [0.1, 0.15) is 33.1 Å². The van der Waals surface area contributed by atoms with E-state index in [1.165, 1.54) is 29.6 Å². The number of anilines is 1. The molecular formula is C16H23N3S. The number of piperazine rings is 1. The van der Waals surface area contributed by atoms with Crippen LogP contribution in [0.3, 0.4) is 0 Å². The Morgan fingerprint density at radius 2 is 2.30 bits per heavy atom. The van der Waals surface area contributed by atoms with Crippen molar-refractivity contribution in [1.29, 1.82) is 0 Å². The van der Waals surface area contributed by atoms with Gasteiger partial charge in [-0.15, -0.1) is 11.3 Å². The van der Waals surface area contributed by atoms with Gasteiger partial charge in [0.2, 0.25) is 0 Å². The van der Waals surface area contributed by atoms with Crippen LogP contribution in [0, 0.1) is 0 Å². The lowest BCUT2D eigenvalue weighted by Crippen LogP contribution is -2.56. The lowest BCUT2D eigenvalue weighted by molar-refractivity contribution is 0.369. The maximum absolute atomic E-state index is 4.38. The fourth-order valence-corrected chi connectivity index (χ4v) is 3.82. The molecule has 1 saturated heterocycles. The van der Waals surface area contributed by atoms with Gasteiger partial charge in [-0.3, -0.25) is 0 Å². The second-order valence-corrected chi connectivity index (χ2v) is 6.50. The monoisotopic (exact) mass is 289 g/mol. The van der Waals surface area contributed by atoms with Gasteiger partial charge in [-0.25, -0.2) is 4.98 Å². The van der Waals surface area contributed by atoms with Crippen LogP contribution in [0.2, 0.25) is 0 Å². The molecule has 20 heavy (non-hydrogen) atoms. The number of rotatable bonds is 4. The smallest absolute Gasteiger partial charge is 0.0813 e. The van der Waals surface area contributed by atoms with Crippen LogP contribution in [-0.2, 0) is 0 Å². The van der Waals surface area contributed by atoms with E-state index in [2.05, 4.69) is 47.2 Å². The van der Waals surface area contributed by atoms with Crippen LogP contribution in [0.4, 0.5) is 5.69 Å². The van der Waals surface area contributed by atoms with Crippen LogP contribution in [0.25, 0.3) is 10.2 Å². The largest absolute Gasteiger partial charge is 0.366 e. The fourth-order valence-electron chi connectivity index (χ4n) is 3.11. The Labute approximate surface area is 125 Å². The van der Waals surface area contributed by atoms with E-state index in [0.29, 0.717) is 12.1 Å². The summed E-state index contributed by atoms with van der Waals surface area (Å²) in [6.07, 6.45) is 3.69. The average Bonchev–Trinajstić information content (AvgIpc) is 2.95. The molecule has 1 aromatic carbocycles. The van der Waals surface area contributed by atoms with Crippen LogP contribution >= 0.6 is 11.3 Å². The number of hydrogen-bond donors (Lipinski definition) is 1. The van der Waals surface area contributed by atoms with Gasteiger partial charge in [-0.1, -0.05) is 20.3 Å². The van der Waals surface area contributed by atoms with Gasteiger partial charge in [0.1, 0.15) is 0 Å². The normalized spacial score (nSPS) is 23.4. The molecule has 4 heteroatoms. The predicted molar refractivity (Wildman–Crippen MR) is 87.7 cm³/mol. The maximum Gasteiger partial charge on any atom is 0.0813 e. The van der Waals surface area contributed by atoms with E-state index in [-0.39, 0.29) is 0 Å². The first-order valence-corrected chi connectivity index (χ1v) is 8.53. The fraction of sp³-hybridized carbons (Fsp3) is 0.562. The standard InChI is InChI=1S/C16H23N3S/c1-3-5-12-10-19(13(4-2)9-17-12)14-6-7-15-16(8-14)20-11-18-15/h6-8,11-13,17H,3-5,9-10H2,1-2H3. The molecule has 2 atom stereocenters. The molecule has 2 heterocycles. The van der Waals surface area contributed by atoms with Gasteiger partial charge in [0.25, 0.3) is 0 Å².